The van der Waals surface area contributed by atoms with E-state index in [1.165, 1.54) is 23.1 Å². The van der Waals surface area contributed by atoms with Crippen LogP contribution >= 0.6 is 15.9 Å². The van der Waals surface area contributed by atoms with Crippen LogP contribution in [0.1, 0.15) is 173 Å². The maximum absolute atomic E-state index is 13.7. The lowest BCUT2D eigenvalue weighted by Gasteiger charge is -2.40. The molecule has 118 heavy (non-hydrogen) atoms. The van der Waals surface area contributed by atoms with E-state index >= 15 is 0 Å². The topological polar surface area (TPSA) is 244 Å². The summed E-state index contributed by atoms with van der Waals surface area (Å²) in [4.78, 5) is 83.0. The third-order valence-electron chi connectivity index (χ3n) is 22.3. The van der Waals surface area contributed by atoms with E-state index in [0.29, 0.717) is 55.5 Å². The lowest BCUT2D eigenvalue weighted by atomic mass is 9.86. The molecule has 0 aliphatic carbocycles. The fourth-order valence-corrected chi connectivity index (χ4v) is 16.3. The van der Waals surface area contributed by atoms with Gasteiger partial charge >= 0.3 is 18.2 Å². The van der Waals surface area contributed by atoms with Crippen molar-refractivity contribution >= 4 is 68.8 Å². The summed E-state index contributed by atoms with van der Waals surface area (Å²) in [6.07, 6.45) is 15.3. The second-order valence-corrected chi connectivity index (χ2v) is 34.7. The number of rotatable bonds is 11. The second kappa shape index (κ2) is 44.3. The summed E-state index contributed by atoms with van der Waals surface area (Å²) in [5.74, 6) is 4.04. The first kappa shape index (κ1) is 91.3. The molecule has 0 saturated carbocycles. The van der Waals surface area contributed by atoms with E-state index in [1.54, 1.807) is 17.3 Å². The number of amides is 3. The smallest absolute Gasteiger partial charge is 0.410 e. The van der Waals surface area contributed by atoms with Gasteiger partial charge in [0, 0.05) is 147 Å². The van der Waals surface area contributed by atoms with Crippen molar-refractivity contribution in [2.45, 2.75) is 178 Å². The van der Waals surface area contributed by atoms with Gasteiger partial charge in [0.15, 0.2) is 0 Å². The van der Waals surface area contributed by atoms with Crippen LogP contribution in [0.25, 0.3) is 0 Å². The van der Waals surface area contributed by atoms with Crippen LogP contribution in [0.15, 0.2) is 175 Å². The summed E-state index contributed by atoms with van der Waals surface area (Å²) in [6.45, 7) is 41.1. The Morgan fingerprint density at radius 1 is 0.475 bits per heavy atom. The number of hydrogen-bond acceptors (Lipinski definition) is 18. The minimum absolute atomic E-state index is 0.138. The van der Waals surface area contributed by atoms with E-state index in [9.17, 15) is 34.8 Å². The quantitative estimate of drug-likeness (QED) is 0.114. The van der Waals surface area contributed by atoms with E-state index < -0.39 is 11.6 Å². The number of ether oxygens (including phenoxy) is 2. The number of aromatic nitrogens is 4. The number of anilines is 5. The maximum Gasteiger partial charge on any atom is 0.410 e. The van der Waals surface area contributed by atoms with Gasteiger partial charge in [0.05, 0.1) is 28.1 Å². The molecule has 10 heterocycles. The molecule has 8 aromatic rings. The van der Waals surface area contributed by atoms with Crippen LogP contribution in [0.5, 0.6) is 0 Å². The van der Waals surface area contributed by atoms with Crippen molar-refractivity contribution in [1.82, 2.24) is 40.0 Å². The number of aryl methyl sites for hydroxylation is 4. The highest BCUT2D eigenvalue weighted by Gasteiger charge is 2.34. The van der Waals surface area contributed by atoms with Crippen LogP contribution < -0.4 is 29.8 Å². The lowest BCUT2D eigenvalue weighted by Crippen LogP contribution is -2.54. The molecule has 628 valence electrons. The highest BCUT2D eigenvalue weighted by atomic mass is 79.9. The zero-order valence-corrected chi connectivity index (χ0v) is 73.5. The minimum atomic E-state index is -0.855. The molecule has 2 N–H and O–H groups in total. The Morgan fingerprint density at radius 2 is 0.881 bits per heavy atom. The molecule has 0 unspecified atom stereocenters. The van der Waals surface area contributed by atoms with Gasteiger partial charge in [-0.15, -0.1) is 0 Å². The van der Waals surface area contributed by atoms with Crippen molar-refractivity contribution in [3.63, 3.8) is 0 Å². The maximum atomic E-state index is 13.7. The molecule has 0 radical (unpaired) electrons. The number of benzene rings is 4. The van der Waals surface area contributed by atoms with E-state index in [1.807, 2.05) is 192 Å². The predicted molar refractivity (Wildman–Crippen MR) is 476 cm³/mol. The Bertz CT molecular complexity index is 4600. The third kappa shape index (κ3) is 27.5. The number of piperazine rings is 3. The number of likely N-dealkylation sites (tertiary alicyclic amines) is 1. The lowest BCUT2D eigenvalue weighted by molar-refractivity contribution is 0.0172. The summed E-state index contributed by atoms with van der Waals surface area (Å²) in [6, 6.07) is 53.1. The number of para-hydroxylation sites is 2. The monoisotopic (exact) mass is 1670 g/mol. The van der Waals surface area contributed by atoms with Crippen molar-refractivity contribution in [3.05, 3.63) is 231 Å². The predicted octanol–water partition coefficient (Wildman–Crippen LogP) is 17.6. The van der Waals surface area contributed by atoms with Crippen LogP contribution in [0.2, 0.25) is 0 Å². The molecule has 22 nitrogen and oxygen atoms in total. The molecule has 4 atom stereocenters. The van der Waals surface area contributed by atoms with Gasteiger partial charge < -0.3 is 59.1 Å². The Morgan fingerprint density at radius 3 is 1.27 bits per heavy atom. The van der Waals surface area contributed by atoms with Crippen LogP contribution in [-0.4, -0.2) is 191 Å². The van der Waals surface area contributed by atoms with Crippen molar-refractivity contribution in [2.75, 3.05) is 123 Å². The number of carboxylic acids is 1. The van der Waals surface area contributed by atoms with Gasteiger partial charge in [0.2, 0.25) is 0 Å². The Balaban J connectivity index is 0.000000173. The number of nitrogens with one attached hydrogen (secondary N) is 1. The Labute approximate surface area is 709 Å². The molecule has 14 rings (SSSR count). The highest BCUT2D eigenvalue weighted by molar-refractivity contribution is 9.10. The van der Waals surface area contributed by atoms with E-state index in [0.717, 1.165) is 184 Å². The highest BCUT2D eigenvalue weighted by Crippen LogP contribution is 2.33. The van der Waals surface area contributed by atoms with Crippen molar-refractivity contribution in [3.8, 4) is 12.1 Å². The molecular formula is C95H124BrN15O7. The molecule has 4 aromatic heterocycles. The minimum Gasteiger partial charge on any atom is -0.478 e. The van der Waals surface area contributed by atoms with Crippen LogP contribution in [0, 0.1) is 68.1 Å². The molecule has 0 spiro atoms. The van der Waals surface area contributed by atoms with Crippen molar-refractivity contribution in [1.29, 1.82) is 10.5 Å². The van der Waals surface area contributed by atoms with Gasteiger partial charge in [-0.3, -0.25) is 4.79 Å². The number of nitriles is 2. The van der Waals surface area contributed by atoms with Crippen LogP contribution in [0.4, 0.5) is 38.4 Å². The summed E-state index contributed by atoms with van der Waals surface area (Å²) in [5.41, 5.74) is 10.7. The Hall–Kier alpha value is -10.6. The molecule has 6 fully saturated rings. The summed E-state index contributed by atoms with van der Waals surface area (Å²) >= 11 is 3.20. The van der Waals surface area contributed by atoms with Gasteiger partial charge in [-0.2, -0.15) is 10.5 Å². The molecule has 6 aliphatic heterocycles. The number of nitrogens with zero attached hydrogens (tertiary/aromatic N) is 14. The standard InChI is InChI=1S/C32H37N5O.C22H24N2O2.C15H23N3O2.C11H21NO2.C10H15N3.C5H4BrN/c1-23-18-24(2)29(32(38)36-16-17-37(25(3)22-36)31-10-6-7-13-34-31)20-28(23)19-26-11-14-35(15-12-26)30-9-5-4-8-27(30)21-33;1-15-11-16(2)20(22(25)26)13-19(15)12-17-7-9-24(10-8-17)21-6-4-3-5-18(21)14-23;1-12-11-17(14(19)20-15(2,3)4)9-10-18(12)13-7-5-6-8-16-13;1-9-6-5-7-12(8-9)10(13)14-11(2,3)4;1-9-8-11-6-7-13(9)10-4-2-3-5-12-10;6-5-3-1-2-4-7-5/h4-10,13,18,20,25-26H,11-12,14-17,19,22H2,1-3H3;3-6,11,13,17H,7-10,12H2,1-2H3,(H,25,26);5-8,12H,9-11H2,1-4H3;9H,5-8H2,1-4H3;2-5,9,11H,6-8H2,1H3;1-4H/t25-;;12-;2*9-;/m0.010./s1. The van der Waals surface area contributed by atoms with Gasteiger partial charge in [0.25, 0.3) is 5.91 Å². The van der Waals surface area contributed by atoms with Crippen molar-refractivity contribution < 1.29 is 33.8 Å². The normalized spacial score (nSPS) is 18.4. The summed E-state index contributed by atoms with van der Waals surface area (Å²) in [5, 5.41) is 31.5. The SMILES string of the molecule is Brc1ccccn1.C[C@@H]1CCCN(C(=O)OC(C)(C)C)C1.C[C@H]1CN(C(=O)OC(C)(C)C)CCN1c1ccccn1.C[C@H]1CNCCN1c1ccccn1.Cc1cc(C)c(C(=O)N2CCN(c3ccccn3)[C@@H](C)C2)cc1CC1CCN(c2ccccc2C#N)CC1.Cc1cc(C)c(C(=O)O)cc1CC1CCN(c2ccccc2C#N)CC1. The first-order valence-corrected chi connectivity index (χ1v) is 42.7. The second-order valence-electron chi connectivity index (χ2n) is 33.9. The summed E-state index contributed by atoms with van der Waals surface area (Å²) in [7, 11) is 0. The number of pyridine rings is 4. The largest absolute Gasteiger partial charge is 0.478 e. The number of piperidine rings is 3. The fourth-order valence-electron chi connectivity index (χ4n) is 16.0. The van der Waals surface area contributed by atoms with Crippen LogP contribution in [-0.2, 0) is 22.3 Å². The molecule has 6 saturated heterocycles. The first-order valence-electron chi connectivity index (χ1n) is 41.9. The zero-order chi connectivity index (χ0) is 85.1. The average Bonchev–Trinajstić information content (AvgIpc) is 0.791. The molecular weight excluding hydrogens is 1540 g/mol. The van der Waals surface area contributed by atoms with Gasteiger partial charge in [0.1, 0.15) is 45.4 Å². The number of aromatic carboxylic acids is 1. The number of halogens is 1. The average molecular weight is 1670 g/mol. The number of carbonyl (C=O) groups is 4. The van der Waals surface area contributed by atoms with E-state index in [4.69, 9.17) is 9.47 Å². The first-order chi connectivity index (χ1) is 56.4. The third-order valence-corrected chi connectivity index (χ3v) is 22.7. The van der Waals surface area contributed by atoms with E-state index in [-0.39, 0.29) is 35.8 Å². The molecule has 3 amide bonds. The summed E-state index contributed by atoms with van der Waals surface area (Å²) < 4.78 is 11.6. The molecule has 0 bridgehead atoms. The molecule has 6 aliphatic rings. The number of carboxylic acid groups (broad SMARTS) is 1. The molecule has 23 heteroatoms. The van der Waals surface area contributed by atoms with E-state index in [2.05, 4.69) is 151 Å². The number of carbonyl (C=O) groups excluding carboxylic acids is 3. The number of hydrogen-bond donors (Lipinski definition) is 2. The Kier molecular flexibility index (Phi) is 34.2. The van der Waals surface area contributed by atoms with Gasteiger partial charge in [-0.1, -0.05) is 67.6 Å². The van der Waals surface area contributed by atoms with Crippen LogP contribution in [0.3, 0.4) is 0 Å². The van der Waals surface area contributed by atoms with Crippen molar-refractivity contribution in [2.24, 2.45) is 17.8 Å². The van der Waals surface area contributed by atoms with Gasteiger partial charge in [-0.25, -0.2) is 34.3 Å². The molecule has 4 aromatic carbocycles. The zero-order valence-electron chi connectivity index (χ0n) is 71.9. The van der Waals surface area contributed by atoms with Gasteiger partial charge in [-0.05, 0) is 293 Å². The fraction of sp³-hybridized carbons (Fsp3) is 0.474.